The van der Waals surface area contributed by atoms with Crippen molar-refractivity contribution in [3.8, 4) is 5.75 Å². The lowest BCUT2D eigenvalue weighted by Crippen LogP contribution is -2.54. The summed E-state index contributed by atoms with van der Waals surface area (Å²) < 4.78 is 5.65. The molecule has 0 aliphatic rings. The monoisotopic (exact) mass is 430 g/mol. The summed E-state index contributed by atoms with van der Waals surface area (Å²) in [5.74, 6) is 0.127. The molecule has 0 saturated heterocycles. The Morgan fingerprint density at radius 1 is 1.10 bits per heavy atom. The zero-order chi connectivity index (χ0) is 22.1. The van der Waals surface area contributed by atoms with E-state index in [-0.39, 0.29) is 24.0 Å². The molecule has 2 aromatic rings. The Hall–Kier alpha value is -2.53. The number of carbonyl (C=O) groups is 2. The third-order valence-electron chi connectivity index (χ3n) is 4.53. The standard InChI is InChI=1S/C24H31ClN2O3/c1-5-21(23(29)26-24(2,3)4)27(15-14-18-10-7-6-8-11-18)22(28)17-30-20-13-9-12-19(25)16-20/h6-13,16,21H,5,14-15,17H2,1-4H3,(H,26,29)/t21-/m0/s1. The van der Waals surface area contributed by atoms with Crippen molar-refractivity contribution in [1.82, 2.24) is 10.2 Å². The van der Waals surface area contributed by atoms with Gasteiger partial charge < -0.3 is 15.0 Å². The molecule has 0 fully saturated rings. The molecule has 0 heterocycles. The van der Waals surface area contributed by atoms with Gasteiger partial charge in [-0.05, 0) is 57.4 Å². The van der Waals surface area contributed by atoms with Gasteiger partial charge in [-0.25, -0.2) is 0 Å². The van der Waals surface area contributed by atoms with Crippen LogP contribution in [0.4, 0.5) is 0 Å². The molecule has 162 valence electrons. The van der Waals surface area contributed by atoms with E-state index in [1.54, 1.807) is 29.2 Å². The lowest BCUT2D eigenvalue weighted by Gasteiger charge is -2.33. The third-order valence-corrected chi connectivity index (χ3v) is 4.76. The van der Waals surface area contributed by atoms with Gasteiger partial charge in [-0.15, -0.1) is 0 Å². The van der Waals surface area contributed by atoms with Crippen molar-refractivity contribution in [3.63, 3.8) is 0 Å². The van der Waals surface area contributed by atoms with Gasteiger partial charge in [0.15, 0.2) is 6.61 Å². The molecule has 2 rings (SSSR count). The topological polar surface area (TPSA) is 58.6 Å². The minimum atomic E-state index is -0.566. The van der Waals surface area contributed by atoms with Crippen LogP contribution in [-0.2, 0) is 16.0 Å². The van der Waals surface area contributed by atoms with Gasteiger partial charge in [0.25, 0.3) is 5.91 Å². The van der Waals surface area contributed by atoms with Gasteiger partial charge in [-0.2, -0.15) is 0 Å². The molecule has 0 spiro atoms. The summed E-state index contributed by atoms with van der Waals surface area (Å²) >= 11 is 5.99. The molecule has 0 unspecified atom stereocenters. The summed E-state index contributed by atoms with van der Waals surface area (Å²) in [7, 11) is 0. The zero-order valence-electron chi connectivity index (χ0n) is 18.2. The molecule has 6 heteroatoms. The number of ether oxygens (including phenoxy) is 1. The number of carbonyl (C=O) groups excluding carboxylic acids is 2. The molecule has 1 N–H and O–H groups in total. The number of hydrogen-bond donors (Lipinski definition) is 1. The van der Waals surface area contributed by atoms with Gasteiger partial charge >= 0.3 is 0 Å². The highest BCUT2D eigenvalue weighted by atomic mass is 35.5. The van der Waals surface area contributed by atoms with Crippen molar-refractivity contribution >= 4 is 23.4 Å². The van der Waals surface area contributed by atoms with Crippen LogP contribution in [0.15, 0.2) is 54.6 Å². The molecule has 1 atom stereocenters. The average Bonchev–Trinajstić information content (AvgIpc) is 2.68. The molecular weight excluding hydrogens is 400 g/mol. The first-order valence-electron chi connectivity index (χ1n) is 10.2. The summed E-state index contributed by atoms with van der Waals surface area (Å²) in [6.45, 7) is 7.96. The normalized spacial score (nSPS) is 12.2. The highest BCUT2D eigenvalue weighted by Crippen LogP contribution is 2.18. The molecule has 0 aliphatic carbocycles. The van der Waals surface area contributed by atoms with Crippen LogP contribution in [0.2, 0.25) is 5.02 Å². The number of nitrogens with zero attached hydrogens (tertiary/aromatic N) is 1. The van der Waals surface area contributed by atoms with Crippen LogP contribution in [0.5, 0.6) is 5.75 Å². The average molecular weight is 431 g/mol. The Bertz CT molecular complexity index is 834. The number of rotatable bonds is 9. The minimum absolute atomic E-state index is 0.158. The Labute approximate surface area is 184 Å². The van der Waals surface area contributed by atoms with Crippen LogP contribution in [0, 0.1) is 0 Å². The maximum absolute atomic E-state index is 13.1. The maximum atomic E-state index is 13.1. The molecule has 0 radical (unpaired) electrons. The first-order chi connectivity index (χ1) is 14.2. The van der Waals surface area contributed by atoms with E-state index >= 15 is 0 Å². The number of benzene rings is 2. The Kier molecular flexibility index (Phi) is 8.72. The van der Waals surface area contributed by atoms with Crippen LogP contribution in [-0.4, -0.2) is 41.4 Å². The van der Waals surface area contributed by atoms with Crippen LogP contribution in [0.25, 0.3) is 0 Å². The molecule has 5 nitrogen and oxygen atoms in total. The van der Waals surface area contributed by atoms with Crippen LogP contribution in [0.3, 0.4) is 0 Å². The highest BCUT2D eigenvalue weighted by Gasteiger charge is 2.30. The minimum Gasteiger partial charge on any atom is -0.484 e. The second-order valence-electron chi connectivity index (χ2n) is 8.23. The SMILES string of the molecule is CC[C@@H](C(=O)NC(C)(C)C)N(CCc1ccccc1)C(=O)COc1cccc(Cl)c1. The van der Waals surface area contributed by atoms with Crippen molar-refractivity contribution in [1.29, 1.82) is 0 Å². The Balaban J connectivity index is 2.15. The predicted octanol–water partition coefficient (Wildman–Crippen LogP) is 4.48. The predicted molar refractivity (Wildman–Crippen MR) is 121 cm³/mol. The first kappa shape index (κ1) is 23.7. The number of halogens is 1. The maximum Gasteiger partial charge on any atom is 0.261 e. The van der Waals surface area contributed by atoms with E-state index in [9.17, 15) is 9.59 Å². The first-order valence-corrected chi connectivity index (χ1v) is 10.6. The largest absolute Gasteiger partial charge is 0.484 e. The van der Waals surface area contributed by atoms with Gasteiger partial charge in [-0.1, -0.05) is 54.9 Å². The molecule has 2 amide bonds. The molecule has 2 aromatic carbocycles. The van der Waals surface area contributed by atoms with E-state index in [0.29, 0.717) is 30.2 Å². The van der Waals surface area contributed by atoms with Gasteiger partial charge in [0.1, 0.15) is 11.8 Å². The van der Waals surface area contributed by atoms with Gasteiger partial charge in [0.05, 0.1) is 0 Å². The van der Waals surface area contributed by atoms with Crippen LogP contribution >= 0.6 is 11.6 Å². The third kappa shape index (κ3) is 7.71. The summed E-state index contributed by atoms with van der Waals surface area (Å²) in [4.78, 5) is 27.6. The smallest absolute Gasteiger partial charge is 0.261 e. The molecule has 0 bridgehead atoms. The summed E-state index contributed by atoms with van der Waals surface area (Å²) in [5.41, 5.74) is 0.729. The highest BCUT2D eigenvalue weighted by molar-refractivity contribution is 6.30. The molecule has 0 saturated carbocycles. The second-order valence-corrected chi connectivity index (χ2v) is 8.67. The van der Waals surface area contributed by atoms with Crippen molar-refractivity contribution in [2.45, 2.75) is 52.1 Å². The van der Waals surface area contributed by atoms with Gasteiger partial charge in [-0.3, -0.25) is 9.59 Å². The molecule has 30 heavy (non-hydrogen) atoms. The van der Waals surface area contributed by atoms with Gasteiger partial charge in [0.2, 0.25) is 5.91 Å². The zero-order valence-corrected chi connectivity index (χ0v) is 18.9. The van der Waals surface area contributed by atoms with Crippen molar-refractivity contribution in [2.24, 2.45) is 0 Å². The summed E-state index contributed by atoms with van der Waals surface area (Å²) in [5, 5.41) is 3.53. The fourth-order valence-corrected chi connectivity index (χ4v) is 3.31. The van der Waals surface area contributed by atoms with Crippen molar-refractivity contribution < 1.29 is 14.3 Å². The lowest BCUT2D eigenvalue weighted by molar-refractivity contribution is -0.142. The Morgan fingerprint density at radius 2 is 1.80 bits per heavy atom. The van der Waals surface area contributed by atoms with E-state index < -0.39 is 6.04 Å². The van der Waals surface area contributed by atoms with Crippen LogP contribution < -0.4 is 10.1 Å². The molecule has 0 aliphatic heterocycles. The Morgan fingerprint density at radius 3 is 2.40 bits per heavy atom. The second kappa shape index (κ2) is 11.0. The van der Waals surface area contributed by atoms with Crippen molar-refractivity contribution in [2.75, 3.05) is 13.2 Å². The van der Waals surface area contributed by atoms with E-state index in [4.69, 9.17) is 16.3 Å². The lowest BCUT2D eigenvalue weighted by atomic mass is 10.1. The fourth-order valence-electron chi connectivity index (χ4n) is 3.13. The van der Waals surface area contributed by atoms with E-state index in [1.165, 1.54) is 0 Å². The number of nitrogens with one attached hydrogen (secondary N) is 1. The molecular formula is C24H31ClN2O3. The van der Waals surface area contributed by atoms with Crippen LogP contribution in [0.1, 0.15) is 39.7 Å². The quantitative estimate of drug-likeness (QED) is 0.637. The van der Waals surface area contributed by atoms with E-state index in [0.717, 1.165) is 5.56 Å². The summed E-state index contributed by atoms with van der Waals surface area (Å²) in [6.07, 6.45) is 1.17. The van der Waals surface area contributed by atoms with Gasteiger partial charge in [0, 0.05) is 17.1 Å². The number of amides is 2. The molecule has 0 aromatic heterocycles. The van der Waals surface area contributed by atoms with E-state index in [1.807, 2.05) is 58.0 Å². The van der Waals surface area contributed by atoms with Crippen molar-refractivity contribution in [3.05, 3.63) is 65.2 Å². The van der Waals surface area contributed by atoms with E-state index in [2.05, 4.69) is 5.32 Å². The number of hydrogen-bond acceptors (Lipinski definition) is 3. The fraction of sp³-hybridized carbons (Fsp3) is 0.417. The summed E-state index contributed by atoms with van der Waals surface area (Å²) in [6, 6.07) is 16.3.